The highest BCUT2D eigenvalue weighted by Gasteiger charge is 2.47. The summed E-state index contributed by atoms with van der Waals surface area (Å²) in [6, 6.07) is 5.84. The maximum atomic E-state index is 12.3. The molecule has 0 aliphatic carbocycles. The van der Waals surface area contributed by atoms with Gasteiger partial charge in [-0.25, -0.2) is 9.59 Å². The van der Waals surface area contributed by atoms with Crippen LogP contribution in [0.4, 0.5) is 5.69 Å². The fourth-order valence-corrected chi connectivity index (χ4v) is 3.23. The predicted molar refractivity (Wildman–Crippen MR) is 77.9 cm³/mol. The molecule has 0 amide bonds. The minimum Gasteiger partial charge on any atom is -0.467 e. The zero-order valence-corrected chi connectivity index (χ0v) is 12.3. The molecule has 2 heterocycles. The Morgan fingerprint density at radius 3 is 2.67 bits per heavy atom. The molecule has 0 saturated heterocycles. The first-order valence-electron chi connectivity index (χ1n) is 6.82. The molecule has 3 rings (SSSR count). The molecule has 21 heavy (non-hydrogen) atoms. The Balaban J connectivity index is 2.25. The van der Waals surface area contributed by atoms with E-state index in [0.29, 0.717) is 5.57 Å². The summed E-state index contributed by atoms with van der Waals surface area (Å²) in [5, 5.41) is 0. The molecule has 0 spiro atoms. The second-order valence-electron chi connectivity index (χ2n) is 5.40. The second kappa shape index (κ2) is 4.62. The quantitative estimate of drug-likeness (QED) is 0.772. The highest BCUT2D eigenvalue weighted by atomic mass is 16.5. The van der Waals surface area contributed by atoms with Crippen LogP contribution >= 0.6 is 0 Å². The number of rotatable bonds is 2. The lowest BCUT2D eigenvalue weighted by atomic mass is 9.87. The number of carbonyl (C=O) groups excluding carboxylic acids is 2. The van der Waals surface area contributed by atoms with Gasteiger partial charge in [0.15, 0.2) is 5.54 Å². The van der Waals surface area contributed by atoms with Crippen molar-refractivity contribution in [2.75, 3.05) is 25.7 Å². The molecule has 5 nitrogen and oxygen atoms in total. The minimum absolute atomic E-state index is 0.383. The van der Waals surface area contributed by atoms with E-state index in [1.807, 2.05) is 23.1 Å². The molecule has 1 atom stereocenters. The van der Waals surface area contributed by atoms with E-state index in [1.165, 1.54) is 14.2 Å². The van der Waals surface area contributed by atoms with Crippen LogP contribution in [0.2, 0.25) is 0 Å². The average molecular weight is 287 g/mol. The number of esters is 2. The monoisotopic (exact) mass is 287 g/mol. The van der Waals surface area contributed by atoms with Crippen molar-refractivity contribution in [3.63, 3.8) is 0 Å². The summed E-state index contributed by atoms with van der Waals surface area (Å²) in [4.78, 5) is 26.4. The van der Waals surface area contributed by atoms with Crippen molar-refractivity contribution in [1.29, 1.82) is 0 Å². The van der Waals surface area contributed by atoms with Gasteiger partial charge in [0, 0.05) is 17.8 Å². The molecule has 1 aromatic rings. The van der Waals surface area contributed by atoms with Gasteiger partial charge in [-0.2, -0.15) is 0 Å². The Kier molecular flexibility index (Phi) is 3.01. The van der Waals surface area contributed by atoms with E-state index in [0.717, 1.165) is 29.8 Å². The molecule has 0 aromatic heterocycles. The topological polar surface area (TPSA) is 55.8 Å². The van der Waals surface area contributed by atoms with Crippen LogP contribution in [-0.2, 0) is 25.5 Å². The summed E-state index contributed by atoms with van der Waals surface area (Å²) in [6.45, 7) is 2.50. The van der Waals surface area contributed by atoms with Gasteiger partial charge in [-0.15, -0.1) is 0 Å². The summed E-state index contributed by atoms with van der Waals surface area (Å²) in [7, 11) is 2.70. The minimum atomic E-state index is -0.988. The number of carbonyl (C=O) groups is 2. The number of nitrogens with zero attached hydrogens (tertiary/aromatic N) is 1. The first-order valence-corrected chi connectivity index (χ1v) is 6.82. The van der Waals surface area contributed by atoms with Gasteiger partial charge < -0.3 is 14.4 Å². The number of hydrogen-bond acceptors (Lipinski definition) is 5. The zero-order chi connectivity index (χ0) is 15.2. The molecular formula is C16H17NO4. The number of anilines is 1. The summed E-state index contributed by atoms with van der Waals surface area (Å²) < 4.78 is 9.82. The molecule has 1 aromatic carbocycles. The van der Waals surface area contributed by atoms with Crippen LogP contribution in [0.5, 0.6) is 0 Å². The summed E-state index contributed by atoms with van der Waals surface area (Å²) in [5.74, 6) is -0.823. The first-order chi connectivity index (χ1) is 10.0. The zero-order valence-electron chi connectivity index (χ0n) is 12.3. The maximum Gasteiger partial charge on any atom is 0.338 e. The van der Waals surface area contributed by atoms with Crippen molar-refractivity contribution in [2.45, 2.75) is 18.9 Å². The third-order valence-electron chi connectivity index (χ3n) is 4.27. The third kappa shape index (κ3) is 1.77. The number of benzene rings is 1. The van der Waals surface area contributed by atoms with Crippen LogP contribution in [-0.4, -0.2) is 38.2 Å². The largest absolute Gasteiger partial charge is 0.467 e. The van der Waals surface area contributed by atoms with Crippen molar-refractivity contribution in [1.82, 2.24) is 0 Å². The van der Waals surface area contributed by atoms with E-state index in [9.17, 15) is 9.59 Å². The normalized spacial score (nSPS) is 22.4. The summed E-state index contributed by atoms with van der Waals surface area (Å²) in [5.41, 5.74) is 2.32. The smallest absolute Gasteiger partial charge is 0.338 e. The van der Waals surface area contributed by atoms with Crippen LogP contribution < -0.4 is 4.90 Å². The van der Waals surface area contributed by atoms with E-state index in [-0.39, 0.29) is 5.97 Å². The standard InChI is InChI=1S/C16H17NO4/c1-16(15(19)21-3)9-12(14(18)20-2)11-6-4-5-10-7-8-17(16)13(10)11/h4-6,9H,7-8H2,1-3H3. The third-order valence-corrected chi connectivity index (χ3v) is 4.27. The van der Waals surface area contributed by atoms with Gasteiger partial charge in [-0.3, -0.25) is 0 Å². The summed E-state index contributed by atoms with van der Waals surface area (Å²) >= 11 is 0. The Morgan fingerprint density at radius 1 is 1.24 bits per heavy atom. The molecule has 110 valence electrons. The Bertz CT molecular complexity index is 664. The van der Waals surface area contributed by atoms with Crippen molar-refractivity contribution in [3.8, 4) is 0 Å². The highest BCUT2D eigenvalue weighted by Crippen LogP contribution is 2.45. The first kappa shape index (κ1) is 13.7. The molecule has 2 aliphatic heterocycles. The average Bonchev–Trinajstić information content (AvgIpc) is 2.95. The Morgan fingerprint density at radius 2 is 2.00 bits per heavy atom. The molecule has 0 radical (unpaired) electrons. The van der Waals surface area contributed by atoms with Crippen LogP contribution in [0, 0.1) is 0 Å². The van der Waals surface area contributed by atoms with E-state index >= 15 is 0 Å². The number of ether oxygens (including phenoxy) is 2. The van der Waals surface area contributed by atoms with Gasteiger partial charge in [0.25, 0.3) is 0 Å². The van der Waals surface area contributed by atoms with E-state index in [1.54, 1.807) is 13.0 Å². The fraction of sp³-hybridized carbons (Fsp3) is 0.375. The molecule has 0 saturated carbocycles. The van der Waals surface area contributed by atoms with Crippen molar-refractivity contribution in [3.05, 3.63) is 35.4 Å². The molecule has 1 unspecified atom stereocenters. The molecule has 0 bridgehead atoms. The molecule has 5 heteroatoms. The van der Waals surface area contributed by atoms with Gasteiger partial charge >= 0.3 is 11.9 Å². The van der Waals surface area contributed by atoms with Crippen LogP contribution in [0.25, 0.3) is 5.57 Å². The van der Waals surface area contributed by atoms with Crippen LogP contribution in [0.15, 0.2) is 24.3 Å². The van der Waals surface area contributed by atoms with Crippen LogP contribution in [0.1, 0.15) is 18.1 Å². The van der Waals surface area contributed by atoms with Crippen molar-refractivity contribution >= 4 is 23.2 Å². The lowest BCUT2D eigenvalue weighted by Crippen LogP contribution is -2.53. The van der Waals surface area contributed by atoms with Gasteiger partial charge in [0.05, 0.1) is 19.8 Å². The lowest BCUT2D eigenvalue weighted by molar-refractivity contribution is -0.144. The molecular weight excluding hydrogens is 270 g/mol. The van der Waals surface area contributed by atoms with Gasteiger partial charge in [-0.05, 0) is 25.0 Å². The number of methoxy groups -OCH3 is 2. The number of para-hydroxylation sites is 1. The SMILES string of the molecule is COC(=O)C1=CC(C)(C(=O)OC)N2CCc3cccc1c32. The molecule has 0 N–H and O–H groups in total. The van der Waals surface area contributed by atoms with E-state index in [2.05, 4.69) is 0 Å². The van der Waals surface area contributed by atoms with Gasteiger partial charge in [0.2, 0.25) is 0 Å². The lowest BCUT2D eigenvalue weighted by Gasteiger charge is -2.40. The van der Waals surface area contributed by atoms with E-state index < -0.39 is 11.5 Å². The van der Waals surface area contributed by atoms with Crippen molar-refractivity contribution < 1.29 is 19.1 Å². The van der Waals surface area contributed by atoms with E-state index in [4.69, 9.17) is 9.47 Å². The predicted octanol–water partition coefficient (Wildman–Crippen LogP) is 1.55. The number of hydrogen-bond donors (Lipinski definition) is 0. The van der Waals surface area contributed by atoms with Crippen LogP contribution in [0.3, 0.4) is 0 Å². The highest BCUT2D eigenvalue weighted by molar-refractivity contribution is 6.21. The maximum absolute atomic E-state index is 12.3. The fourth-order valence-electron chi connectivity index (χ4n) is 3.23. The molecule has 0 fully saturated rings. The summed E-state index contributed by atoms with van der Waals surface area (Å²) in [6.07, 6.45) is 2.50. The van der Waals surface area contributed by atoms with Gasteiger partial charge in [-0.1, -0.05) is 18.2 Å². The molecule has 2 aliphatic rings. The second-order valence-corrected chi connectivity index (χ2v) is 5.40. The van der Waals surface area contributed by atoms with Gasteiger partial charge in [0.1, 0.15) is 0 Å². The Hall–Kier alpha value is -2.30. The Labute approximate surface area is 123 Å². The van der Waals surface area contributed by atoms with Crippen molar-refractivity contribution in [2.24, 2.45) is 0 Å².